The molecule has 0 aliphatic heterocycles. The van der Waals surface area contributed by atoms with Crippen molar-refractivity contribution in [2.45, 2.75) is 39.5 Å². The second-order valence-electron chi connectivity index (χ2n) is 4.95. The highest BCUT2D eigenvalue weighted by Crippen LogP contribution is 2.44. The van der Waals surface area contributed by atoms with Crippen molar-refractivity contribution in [3.05, 3.63) is 29.3 Å². The minimum atomic E-state index is -0.0210. The highest BCUT2D eigenvalue weighted by molar-refractivity contribution is 6.21. The molecule has 1 aromatic rings. The average Bonchev–Trinajstić information content (AvgIpc) is 2.28. The van der Waals surface area contributed by atoms with Gasteiger partial charge in [0, 0.05) is 5.56 Å². The summed E-state index contributed by atoms with van der Waals surface area (Å²) in [5, 5.41) is -0.0210. The monoisotopic (exact) mass is 240 g/mol. The van der Waals surface area contributed by atoms with Gasteiger partial charge in [0.05, 0.1) is 12.5 Å². The van der Waals surface area contributed by atoms with E-state index in [9.17, 15) is 0 Å². The van der Waals surface area contributed by atoms with Crippen LogP contribution in [0.15, 0.2) is 18.2 Å². The first kappa shape index (κ1) is 13.4. The molecule has 1 nitrogen and oxygen atoms in total. The van der Waals surface area contributed by atoms with Gasteiger partial charge in [-0.25, -0.2) is 0 Å². The van der Waals surface area contributed by atoms with Crippen LogP contribution in [0.2, 0.25) is 0 Å². The van der Waals surface area contributed by atoms with E-state index in [0.717, 1.165) is 17.7 Å². The Morgan fingerprint density at radius 1 is 1.38 bits per heavy atom. The lowest BCUT2D eigenvalue weighted by Gasteiger charge is -2.30. The molecule has 0 N–H and O–H groups in total. The van der Waals surface area contributed by atoms with Crippen molar-refractivity contribution >= 4 is 11.6 Å². The highest BCUT2D eigenvalue weighted by Gasteiger charge is 2.29. The van der Waals surface area contributed by atoms with Gasteiger partial charge in [-0.1, -0.05) is 38.5 Å². The Morgan fingerprint density at radius 2 is 2.00 bits per heavy atom. The number of methoxy groups -OCH3 is 1. The molecular formula is C14H21ClO. The van der Waals surface area contributed by atoms with Crippen LogP contribution in [0.1, 0.15) is 43.7 Å². The molecule has 0 amide bonds. The molecule has 0 heterocycles. The van der Waals surface area contributed by atoms with Crippen LogP contribution in [0.3, 0.4) is 0 Å². The third-order valence-electron chi connectivity index (χ3n) is 3.26. The predicted molar refractivity (Wildman–Crippen MR) is 70.4 cm³/mol. The quantitative estimate of drug-likeness (QED) is 0.692. The number of ether oxygens (including phenoxy) is 1. The predicted octanol–water partition coefficient (Wildman–Crippen LogP) is 4.72. The maximum atomic E-state index is 6.57. The van der Waals surface area contributed by atoms with E-state index >= 15 is 0 Å². The standard InChI is InChI=1S/C14H21ClO/c1-6-14(3,4)13(15)11-9-10(2)7-8-12(11)16-5/h7-9,13H,6H2,1-5H3. The number of rotatable bonds is 4. The summed E-state index contributed by atoms with van der Waals surface area (Å²) >= 11 is 6.57. The number of hydrogen-bond acceptors (Lipinski definition) is 1. The van der Waals surface area contributed by atoms with E-state index in [1.165, 1.54) is 5.56 Å². The van der Waals surface area contributed by atoms with Gasteiger partial charge < -0.3 is 4.74 Å². The SMILES string of the molecule is CCC(C)(C)C(Cl)c1cc(C)ccc1OC. The first-order chi connectivity index (χ1) is 7.42. The third kappa shape index (κ3) is 2.70. The minimum Gasteiger partial charge on any atom is -0.496 e. The van der Waals surface area contributed by atoms with Crippen molar-refractivity contribution in [2.24, 2.45) is 5.41 Å². The normalized spacial score (nSPS) is 13.6. The lowest BCUT2D eigenvalue weighted by Crippen LogP contribution is -2.17. The molecule has 0 bridgehead atoms. The molecule has 16 heavy (non-hydrogen) atoms. The summed E-state index contributed by atoms with van der Waals surface area (Å²) in [5.41, 5.74) is 2.38. The third-order valence-corrected chi connectivity index (χ3v) is 4.08. The smallest absolute Gasteiger partial charge is 0.123 e. The molecule has 1 unspecified atom stereocenters. The van der Waals surface area contributed by atoms with Crippen LogP contribution in [0.5, 0.6) is 5.75 Å². The molecule has 0 aliphatic rings. The van der Waals surface area contributed by atoms with Crippen molar-refractivity contribution in [3.8, 4) is 5.75 Å². The van der Waals surface area contributed by atoms with E-state index in [-0.39, 0.29) is 10.8 Å². The van der Waals surface area contributed by atoms with Gasteiger partial charge in [-0.15, -0.1) is 11.6 Å². The molecule has 1 atom stereocenters. The largest absolute Gasteiger partial charge is 0.496 e. The summed E-state index contributed by atoms with van der Waals surface area (Å²) in [7, 11) is 1.69. The molecule has 90 valence electrons. The van der Waals surface area contributed by atoms with Gasteiger partial charge in [-0.2, -0.15) is 0 Å². The zero-order chi connectivity index (χ0) is 12.3. The molecule has 0 aliphatic carbocycles. The Balaban J connectivity index is 3.16. The van der Waals surface area contributed by atoms with Gasteiger partial charge >= 0.3 is 0 Å². The lowest BCUT2D eigenvalue weighted by atomic mass is 9.82. The summed E-state index contributed by atoms with van der Waals surface area (Å²) in [5.74, 6) is 0.882. The average molecular weight is 241 g/mol. The lowest BCUT2D eigenvalue weighted by molar-refractivity contribution is 0.325. The fraction of sp³-hybridized carbons (Fsp3) is 0.571. The van der Waals surface area contributed by atoms with E-state index in [1.54, 1.807) is 7.11 Å². The van der Waals surface area contributed by atoms with Gasteiger partial charge in [-0.05, 0) is 24.8 Å². The second kappa shape index (κ2) is 5.09. The number of alkyl halides is 1. The first-order valence-corrected chi connectivity index (χ1v) is 6.14. The van der Waals surface area contributed by atoms with Gasteiger partial charge in [0.1, 0.15) is 5.75 Å². The Labute approximate surface area is 104 Å². The van der Waals surface area contributed by atoms with E-state index in [0.29, 0.717) is 0 Å². The molecule has 0 radical (unpaired) electrons. The Hall–Kier alpha value is -0.690. The molecule has 1 aromatic carbocycles. The van der Waals surface area contributed by atoms with E-state index < -0.39 is 0 Å². The van der Waals surface area contributed by atoms with Crippen molar-refractivity contribution in [3.63, 3.8) is 0 Å². The number of hydrogen-bond donors (Lipinski definition) is 0. The molecule has 0 spiro atoms. The molecule has 1 rings (SSSR count). The van der Waals surface area contributed by atoms with Crippen molar-refractivity contribution < 1.29 is 4.74 Å². The van der Waals surface area contributed by atoms with Crippen LogP contribution in [0.4, 0.5) is 0 Å². The summed E-state index contributed by atoms with van der Waals surface area (Å²) in [6, 6.07) is 6.16. The maximum absolute atomic E-state index is 6.57. The van der Waals surface area contributed by atoms with Crippen molar-refractivity contribution in [1.82, 2.24) is 0 Å². The van der Waals surface area contributed by atoms with Crippen molar-refractivity contribution in [2.75, 3.05) is 7.11 Å². The van der Waals surface area contributed by atoms with Crippen LogP contribution in [0, 0.1) is 12.3 Å². The van der Waals surface area contributed by atoms with E-state index in [4.69, 9.17) is 16.3 Å². The van der Waals surface area contributed by atoms with Gasteiger partial charge in [-0.3, -0.25) is 0 Å². The zero-order valence-electron chi connectivity index (χ0n) is 10.8. The number of aryl methyl sites for hydroxylation is 1. The number of halogens is 1. The zero-order valence-corrected chi connectivity index (χ0v) is 11.6. The van der Waals surface area contributed by atoms with Crippen LogP contribution in [-0.4, -0.2) is 7.11 Å². The summed E-state index contributed by atoms with van der Waals surface area (Å²) in [6.07, 6.45) is 1.04. The molecular weight excluding hydrogens is 220 g/mol. The number of benzene rings is 1. The van der Waals surface area contributed by atoms with Crippen LogP contribution in [0.25, 0.3) is 0 Å². The highest BCUT2D eigenvalue weighted by atomic mass is 35.5. The topological polar surface area (TPSA) is 9.23 Å². The maximum Gasteiger partial charge on any atom is 0.123 e. The van der Waals surface area contributed by atoms with Crippen LogP contribution in [-0.2, 0) is 0 Å². The molecule has 2 heteroatoms. The molecule has 0 fully saturated rings. The van der Waals surface area contributed by atoms with Crippen molar-refractivity contribution in [1.29, 1.82) is 0 Å². The van der Waals surface area contributed by atoms with E-state index in [1.807, 2.05) is 12.1 Å². The summed E-state index contributed by atoms with van der Waals surface area (Å²) < 4.78 is 5.38. The van der Waals surface area contributed by atoms with Crippen LogP contribution >= 0.6 is 11.6 Å². The molecule has 0 aromatic heterocycles. The van der Waals surface area contributed by atoms with Gasteiger partial charge in [0.15, 0.2) is 0 Å². The van der Waals surface area contributed by atoms with Gasteiger partial charge in [0.2, 0.25) is 0 Å². The minimum absolute atomic E-state index is 0.0210. The van der Waals surface area contributed by atoms with Gasteiger partial charge in [0.25, 0.3) is 0 Å². The van der Waals surface area contributed by atoms with E-state index in [2.05, 4.69) is 33.8 Å². The molecule has 0 saturated carbocycles. The Bertz CT molecular complexity index is 358. The van der Waals surface area contributed by atoms with Crippen LogP contribution < -0.4 is 4.74 Å². The fourth-order valence-corrected chi connectivity index (χ4v) is 1.98. The fourth-order valence-electron chi connectivity index (χ4n) is 1.65. The summed E-state index contributed by atoms with van der Waals surface area (Å²) in [4.78, 5) is 0. The first-order valence-electron chi connectivity index (χ1n) is 5.71. The molecule has 0 saturated heterocycles. The Kier molecular flexibility index (Phi) is 4.26. The Morgan fingerprint density at radius 3 is 2.50 bits per heavy atom. The summed E-state index contributed by atoms with van der Waals surface area (Å²) in [6.45, 7) is 8.61. The second-order valence-corrected chi connectivity index (χ2v) is 5.39.